The lowest BCUT2D eigenvalue weighted by Crippen LogP contribution is -2.21. The van der Waals surface area contributed by atoms with Crippen LogP contribution in [0.1, 0.15) is 24.1 Å². The van der Waals surface area contributed by atoms with Crippen molar-refractivity contribution in [3.8, 4) is 11.5 Å². The van der Waals surface area contributed by atoms with Crippen molar-refractivity contribution in [1.82, 2.24) is 10.3 Å². The van der Waals surface area contributed by atoms with Crippen LogP contribution in [0.3, 0.4) is 0 Å². The Morgan fingerprint density at radius 3 is 2.80 bits per heavy atom. The van der Waals surface area contributed by atoms with Crippen LogP contribution in [0.5, 0.6) is 11.5 Å². The zero-order valence-corrected chi connectivity index (χ0v) is 11.5. The summed E-state index contributed by atoms with van der Waals surface area (Å²) in [6.45, 7) is 4.12. The number of nitrogens with one attached hydrogen (secondary N) is 1. The summed E-state index contributed by atoms with van der Waals surface area (Å²) >= 11 is 0. The molecule has 0 bridgehead atoms. The van der Waals surface area contributed by atoms with Crippen molar-refractivity contribution in [1.29, 1.82) is 0 Å². The number of hydrogen-bond donors (Lipinski definition) is 1. The molecule has 1 aromatic carbocycles. The van der Waals surface area contributed by atoms with Crippen LogP contribution in [-0.4, -0.2) is 18.2 Å². The third kappa shape index (κ3) is 2.75. The van der Waals surface area contributed by atoms with Gasteiger partial charge in [-0.3, -0.25) is 4.98 Å². The number of pyridine rings is 1. The van der Waals surface area contributed by atoms with Gasteiger partial charge in [0, 0.05) is 30.5 Å². The van der Waals surface area contributed by atoms with Crippen molar-refractivity contribution in [2.75, 3.05) is 13.2 Å². The van der Waals surface area contributed by atoms with Gasteiger partial charge < -0.3 is 14.8 Å². The Labute approximate surface area is 118 Å². The standard InChI is InChI=1S/C16H18N2O2/c1-12(13-5-7-17-8-6-13)18-11-14-3-2-4-15-16(14)20-10-9-19-15/h2-8,12,18H,9-11H2,1H3/t12-/m0/s1. The van der Waals surface area contributed by atoms with Gasteiger partial charge in [0.2, 0.25) is 0 Å². The molecule has 1 N–H and O–H groups in total. The second-order valence-electron chi connectivity index (χ2n) is 4.82. The van der Waals surface area contributed by atoms with Gasteiger partial charge in [0.1, 0.15) is 13.2 Å². The molecular formula is C16H18N2O2. The molecule has 0 saturated heterocycles. The average molecular weight is 270 g/mol. The summed E-state index contributed by atoms with van der Waals surface area (Å²) in [5.41, 5.74) is 2.35. The van der Waals surface area contributed by atoms with E-state index in [1.807, 2.05) is 36.7 Å². The maximum atomic E-state index is 5.72. The molecule has 0 amide bonds. The molecule has 3 rings (SSSR count). The largest absolute Gasteiger partial charge is 0.486 e. The minimum atomic E-state index is 0.262. The molecule has 1 aliphatic heterocycles. The Hall–Kier alpha value is -2.07. The summed E-state index contributed by atoms with van der Waals surface area (Å²) < 4.78 is 11.3. The van der Waals surface area contributed by atoms with E-state index in [1.165, 1.54) is 5.56 Å². The minimum absolute atomic E-state index is 0.262. The van der Waals surface area contributed by atoms with Gasteiger partial charge >= 0.3 is 0 Å². The highest BCUT2D eigenvalue weighted by Gasteiger charge is 2.15. The molecule has 1 aromatic heterocycles. The lowest BCUT2D eigenvalue weighted by molar-refractivity contribution is 0.169. The van der Waals surface area contributed by atoms with Crippen LogP contribution in [0, 0.1) is 0 Å². The molecular weight excluding hydrogens is 252 g/mol. The van der Waals surface area contributed by atoms with Crippen LogP contribution < -0.4 is 14.8 Å². The highest BCUT2D eigenvalue weighted by Crippen LogP contribution is 2.33. The number of rotatable bonds is 4. The van der Waals surface area contributed by atoms with E-state index in [0.29, 0.717) is 13.2 Å². The van der Waals surface area contributed by atoms with E-state index in [-0.39, 0.29) is 6.04 Å². The van der Waals surface area contributed by atoms with E-state index < -0.39 is 0 Å². The van der Waals surface area contributed by atoms with E-state index in [9.17, 15) is 0 Å². The van der Waals surface area contributed by atoms with E-state index in [1.54, 1.807) is 0 Å². The normalized spacial score (nSPS) is 14.8. The lowest BCUT2D eigenvalue weighted by atomic mass is 10.1. The van der Waals surface area contributed by atoms with Gasteiger partial charge in [0.05, 0.1) is 0 Å². The zero-order chi connectivity index (χ0) is 13.8. The molecule has 1 aliphatic rings. The maximum Gasteiger partial charge on any atom is 0.165 e. The monoisotopic (exact) mass is 270 g/mol. The first kappa shape index (κ1) is 12.9. The summed E-state index contributed by atoms with van der Waals surface area (Å²) in [4.78, 5) is 4.04. The summed E-state index contributed by atoms with van der Waals surface area (Å²) in [7, 11) is 0. The van der Waals surface area contributed by atoms with Gasteiger partial charge in [0.25, 0.3) is 0 Å². The van der Waals surface area contributed by atoms with E-state index in [0.717, 1.165) is 23.6 Å². The van der Waals surface area contributed by atoms with Crippen molar-refractivity contribution in [3.05, 3.63) is 53.9 Å². The highest BCUT2D eigenvalue weighted by atomic mass is 16.6. The Bertz CT molecular complexity index is 572. The second kappa shape index (κ2) is 5.92. The molecule has 2 aromatic rings. The van der Waals surface area contributed by atoms with Crippen LogP contribution in [0.15, 0.2) is 42.7 Å². The number of benzene rings is 1. The highest BCUT2D eigenvalue weighted by molar-refractivity contribution is 5.47. The van der Waals surface area contributed by atoms with Crippen molar-refractivity contribution in [2.24, 2.45) is 0 Å². The molecule has 4 heteroatoms. The molecule has 20 heavy (non-hydrogen) atoms. The fraction of sp³-hybridized carbons (Fsp3) is 0.312. The van der Waals surface area contributed by atoms with E-state index in [4.69, 9.17) is 9.47 Å². The predicted molar refractivity (Wildman–Crippen MR) is 76.9 cm³/mol. The van der Waals surface area contributed by atoms with Gasteiger partial charge in [-0.05, 0) is 30.7 Å². The molecule has 0 unspecified atom stereocenters. The number of fused-ring (bicyclic) bond motifs is 1. The fourth-order valence-electron chi connectivity index (χ4n) is 2.31. The van der Waals surface area contributed by atoms with Gasteiger partial charge in [-0.25, -0.2) is 0 Å². The maximum absolute atomic E-state index is 5.72. The van der Waals surface area contributed by atoms with Crippen molar-refractivity contribution < 1.29 is 9.47 Å². The fourth-order valence-corrected chi connectivity index (χ4v) is 2.31. The quantitative estimate of drug-likeness (QED) is 0.927. The molecule has 0 aliphatic carbocycles. The van der Waals surface area contributed by atoms with E-state index >= 15 is 0 Å². The molecule has 104 valence electrons. The number of aromatic nitrogens is 1. The van der Waals surface area contributed by atoms with Crippen LogP contribution in [0.25, 0.3) is 0 Å². The second-order valence-corrected chi connectivity index (χ2v) is 4.82. The zero-order valence-electron chi connectivity index (χ0n) is 11.5. The van der Waals surface area contributed by atoms with Gasteiger partial charge in [-0.15, -0.1) is 0 Å². The Balaban J connectivity index is 1.70. The van der Waals surface area contributed by atoms with Gasteiger partial charge in [-0.2, -0.15) is 0 Å². The third-order valence-corrected chi connectivity index (χ3v) is 3.45. The third-order valence-electron chi connectivity index (χ3n) is 3.45. The summed E-state index contributed by atoms with van der Waals surface area (Å²) in [5.74, 6) is 1.71. The van der Waals surface area contributed by atoms with E-state index in [2.05, 4.69) is 23.3 Å². The summed E-state index contributed by atoms with van der Waals surface area (Å²) in [5, 5.41) is 3.50. The first-order valence-electron chi connectivity index (χ1n) is 6.85. The summed E-state index contributed by atoms with van der Waals surface area (Å²) in [6, 6.07) is 10.3. The first-order chi connectivity index (χ1) is 9.84. The van der Waals surface area contributed by atoms with Crippen LogP contribution in [0.2, 0.25) is 0 Å². The topological polar surface area (TPSA) is 43.4 Å². The summed E-state index contributed by atoms with van der Waals surface area (Å²) in [6.07, 6.45) is 3.63. The smallest absolute Gasteiger partial charge is 0.165 e. The van der Waals surface area contributed by atoms with Gasteiger partial charge in [-0.1, -0.05) is 12.1 Å². The number of ether oxygens (including phenoxy) is 2. The molecule has 2 heterocycles. The average Bonchev–Trinajstić information content (AvgIpc) is 2.53. The molecule has 0 fully saturated rings. The number of hydrogen-bond acceptors (Lipinski definition) is 4. The Morgan fingerprint density at radius 2 is 1.95 bits per heavy atom. The van der Waals surface area contributed by atoms with Crippen LogP contribution in [-0.2, 0) is 6.54 Å². The molecule has 4 nitrogen and oxygen atoms in total. The van der Waals surface area contributed by atoms with Crippen molar-refractivity contribution in [3.63, 3.8) is 0 Å². The predicted octanol–water partition coefficient (Wildman–Crippen LogP) is 2.70. The SMILES string of the molecule is C[C@H](NCc1cccc2c1OCCO2)c1ccncc1. The van der Waals surface area contributed by atoms with Crippen LogP contribution in [0.4, 0.5) is 0 Å². The lowest BCUT2D eigenvalue weighted by Gasteiger charge is -2.22. The van der Waals surface area contributed by atoms with Crippen molar-refractivity contribution in [2.45, 2.75) is 19.5 Å². The van der Waals surface area contributed by atoms with Crippen LogP contribution >= 0.6 is 0 Å². The minimum Gasteiger partial charge on any atom is -0.486 e. The van der Waals surface area contributed by atoms with Gasteiger partial charge in [0.15, 0.2) is 11.5 Å². The molecule has 1 atom stereocenters. The number of para-hydroxylation sites is 1. The molecule has 0 radical (unpaired) electrons. The van der Waals surface area contributed by atoms with Crippen molar-refractivity contribution >= 4 is 0 Å². The number of nitrogens with zero attached hydrogens (tertiary/aromatic N) is 1. The molecule has 0 spiro atoms. The molecule has 0 saturated carbocycles. The first-order valence-corrected chi connectivity index (χ1v) is 6.85. The Morgan fingerprint density at radius 1 is 1.15 bits per heavy atom. The Kier molecular flexibility index (Phi) is 3.83.